The Kier molecular flexibility index (Phi) is 4.24. The summed E-state index contributed by atoms with van der Waals surface area (Å²) in [4.78, 5) is 15.7. The van der Waals surface area contributed by atoms with Crippen molar-refractivity contribution in [2.75, 3.05) is 12.3 Å². The van der Waals surface area contributed by atoms with Crippen LogP contribution in [0.4, 0.5) is 14.5 Å². The van der Waals surface area contributed by atoms with Gasteiger partial charge in [0.05, 0.1) is 11.3 Å². The van der Waals surface area contributed by atoms with E-state index in [4.69, 9.17) is 5.73 Å². The van der Waals surface area contributed by atoms with Crippen LogP contribution in [0, 0.1) is 11.6 Å². The number of aromatic nitrogens is 1. The first-order chi connectivity index (χ1) is 9.58. The number of halogens is 2. The smallest absolute Gasteiger partial charge is 0.254 e. The van der Waals surface area contributed by atoms with Crippen LogP contribution in [0.3, 0.4) is 0 Å². The van der Waals surface area contributed by atoms with Crippen molar-refractivity contribution in [3.63, 3.8) is 0 Å². The van der Waals surface area contributed by atoms with Crippen molar-refractivity contribution in [2.24, 2.45) is 0 Å². The SMILES string of the molecule is Nc1cc(F)cc(C(=O)NCCc2cccnc2)c1F. The maximum absolute atomic E-state index is 13.6. The van der Waals surface area contributed by atoms with Gasteiger partial charge in [0.1, 0.15) is 5.82 Å². The quantitative estimate of drug-likeness (QED) is 0.839. The molecule has 0 aliphatic rings. The van der Waals surface area contributed by atoms with Gasteiger partial charge in [0.15, 0.2) is 5.82 Å². The van der Waals surface area contributed by atoms with Gasteiger partial charge in [-0.25, -0.2) is 8.78 Å². The van der Waals surface area contributed by atoms with Gasteiger partial charge >= 0.3 is 0 Å². The number of carbonyl (C=O) groups is 1. The number of nitrogens with zero attached hydrogens (tertiary/aromatic N) is 1. The van der Waals surface area contributed by atoms with Gasteiger partial charge in [-0.1, -0.05) is 6.07 Å². The van der Waals surface area contributed by atoms with Crippen LogP contribution in [0.5, 0.6) is 0 Å². The highest BCUT2D eigenvalue weighted by Gasteiger charge is 2.15. The number of anilines is 1. The number of hydrogen-bond donors (Lipinski definition) is 2. The summed E-state index contributed by atoms with van der Waals surface area (Å²) in [5, 5.41) is 2.51. The van der Waals surface area contributed by atoms with Gasteiger partial charge in [-0.2, -0.15) is 0 Å². The topological polar surface area (TPSA) is 68.0 Å². The minimum Gasteiger partial charge on any atom is -0.396 e. The number of rotatable bonds is 4. The fraction of sp³-hybridized carbons (Fsp3) is 0.143. The van der Waals surface area contributed by atoms with Crippen LogP contribution >= 0.6 is 0 Å². The molecule has 0 saturated carbocycles. The second kappa shape index (κ2) is 6.10. The average Bonchev–Trinajstić information content (AvgIpc) is 2.44. The lowest BCUT2D eigenvalue weighted by molar-refractivity contribution is 0.0949. The molecule has 2 aromatic rings. The summed E-state index contributed by atoms with van der Waals surface area (Å²) in [7, 11) is 0. The van der Waals surface area contributed by atoms with E-state index in [0.29, 0.717) is 13.0 Å². The number of amides is 1. The summed E-state index contributed by atoms with van der Waals surface area (Å²) in [6, 6.07) is 5.30. The van der Waals surface area contributed by atoms with Crippen LogP contribution in [-0.4, -0.2) is 17.4 Å². The van der Waals surface area contributed by atoms with Gasteiger partial charge < -0.3 is 11.1 Å². The summed E-state index contributed by atoms with van der Waals surface area (Å²) in [5.41, 5.74) is 5.43. The summed E-state index contributed by atoms with van der Waals surface area (Å²) in [6.45, 7) is 0.292. The number of carbonyl (C=O) groups excluding carboxylic acids is 1. The molecular weight excluding hydrogens is 264 g/mol. The van der Waals surface area contributed by atoms with Crippen LogP contribution < -0.4 is 11.1 Å². The van der Waals surface area contributed by atoms with E-state index in [2.05, 4.69) is 10.3 Å². The van der Waals surface area contributed by atoms with Gasteiger partial charge in [0.2, 0.25) is 0 Å². The summed E-state index contributed by atoms with van der Waals surface area (Å²) in [5.74, 6) is -2.36. The fourth-order valence-electron chi connectivity index (χ4n) is 1.74. The van der Waals surface area contributed by atoms with E-state index in [9.17, 15) is 13.6 Å². The number of nitrogen functional groups attached to an aromatic ring is 1. The van der Waals surface area contributed by atoms with Crippen molar-refractivity contribution in [3.8, 4) is 0 Å². The second-order valence-corrected chi connectivity index (χ2v) is 4.22. The molecule has 0 saturated heterocycles. The van der Waals surface area contributed by atoms with Crippen molar-refractivity contribution >= 4 is 11.6 Å². The van der Waals surface area contributed by atoms with E-state index in [-0.39, 0.29) is 5.69 Å². The Bertz CT molecular complexity index is 617. The minimum absolute atomic E-state index is 0.292. The lowest BCUT2D eigenvalue weighted by Gasteiger charge is -2.07. The molecule has 1 aromatic carbocycles. The molecule has 1 heterocycles. The van der Waals surface area contributed by atoms with E-state index in [1.165, 1.54) is 0 Å². The molecule has 6 heteroatoms. The van der Waals surface area contributed by atoms with Crippen LogP contribution in [-0.2, 0) is 6.42 Å². The highest BCUT2D eigenvalue weighted by Crippen LogP contribution is 2.17. The Morgan fingerprint density at radius 2 is 2.15 bits per heavy atom. The third kappa shape index (κ3) is 3.28. The first kappa shape index (κ1) is 13.9. The average molecular weight is 277 g/mol. The fourth-order valence-corrected chi connectivity index (χ4v) is 1.74. The summed E-state index contributed by atoms with van der Waals surface area (Å²) < 4.78 is 26.7. The Labute approximate surface area is 114 Å². The Morgan fingerprint density at radius 1 is 1.35 bits per heavy atom. The first-order valence-corrected chi connectivity index (χ1v) is 5.99. The molecule has 0 radical (unpaired) electrons. The molecule has 0 bridgehead atoms. The molecule has 0 unspecified atom stereocenters. The minimum atomic E-state index is -0.912. The highest BCUT2D eigenvalue weighted by molar-refractivity contribution is 5.95. The molecular formula is C14H13F2N3O. The lowest BCUT2D eigenvalue weighted by Crippen LogP contribution is -2.27. The van der Waals surface area contributed by atoms with Gasteiger partial charge in [-0.3, -0.25) is 9.78 Å². The maximum atomic E-state index is 13.6. The van der Waals surface area contributed by atoms with E-state index < -0.39 is 23.1 Å². The molecule has 0 spiro atoms. The molecule has 20 heavy (non-hydrogen) atoms. The Morgan fingerprint density at radius 3 is 2.85 bits per heavy atom. The first-order valence-electron chi connectivity index (χ1n) is 5.99. The molecule has 3 N–H and O–H groups in total. The third-order valence-electron chi connectivity index (χ3n) is 2.73. The number of pyridine rings is 1. The number of nitrogens with two attached hydrogens (primary N) is 1. The molecule has 104 valence electrons. The molecule has 1 aromatic heterocycles. The number of hydrogen-bond acceptors (Lipinski definition) is 3. The molecule has 4 nitrogen and oxygen atoms in total. The van der Waals surface area contributed by atoms with E-state index >= 15 is 0 Å². The van der Waals surface area contributed by atoms with Crippen LogP contribution in [0.25, 0.3) is 0 Å². The second-order valence-electron chi connectivity index (χ2n) is 4.22. The zero-order chi connectivity index (χ0) is 14.5. The van der Waals surface area contributed by atoms with Gasteiger partial charge in [0.25, 0.3) is 5.91 Å². The van der Waals surface area contributed by atoms with Crippen LogP contribution in [0.2, 0.25) is 0 Å². The summed E-state index contributed by atoms with van der Waals surface area (Å²) >= 11 is 0. The largest absolute Gasteiger partial charge is 0.396 e. The van der Waals surface area contributed by atoms with E-state index in [1.54, 1.807) is 18.5 Å². The number of nitrogens with one attached hydrogen (secondary N) is 1. The van der Waals surface area contributed by atoms with Crippen LogP contribution in [0.1, 0.15) is 15.9 Å². The Balaban J connectivity index is 1.99. The van der Waals surface area contributed by atoms with Crippen LogP contribution in [0.15, 0.2) is 36.7 Å². The molecule has 2 rings (SSSR count). The molecule has 0 fully saturated rings. The van der Waals surface area contributed by atoms with Gasteiger partial charge in [0, 0.05) is 18.9 Å². The Hall–Kier alpha value is -2.50. The molecule has 0 atom stereocenters. The van der Waals surface area contributed by atoms with Crippen molar-refractivity contribution in [3.05, 3.63) is 59.4 Å². The van der Waals surface area contributed by atoms with Crippen molar-refractivity contribution in [1.82, 2.24) is 10.3 Å². The number of benzene rings is 1. The van der Waals surface area contributed by atoms with Gasteiger partial charge in [-0.15, -0.1) is 0 Å². The molecule has 1 amide bonds. The van der Waals surface area contributed by atoms with Crippen molar-refractivity contribution in [2.45, 2.75) is 6.42 Å². The maximum Gasteiger partial charge on any atom is 0.254 e. The van der Waals surface area contributed by atoms with E-state index in [0.717, 1.165) is 17.7 Å². The van der Waals surface area contributed by atoms with E-state index in [1.807, 2.05) is 6.07 Å². The molecule has 0 aliphatic carbocycles. The zero-order valence-electron chi connectivity index (χ0n) is 10.6. The standard InChI is InChI=1S/C14H13F2N3O/c15-10-6-11(13(16)12(17)7-10)14(20)19-5-3-9-2-1-4-18-8-9/h1-2,4,6-8H,3,5,17H2,(H,19,20). The lowest BCUT2D eigenvalue weighted by atomic mass is 10.1. The predicted molar refractivity (Wildman–Crippen MR) is 71.0 cm³/mol. The monoisotopic (exact) mass is 277 g/mol. The van der Waals surface area contributed by atoms with Gasteiger partial charge in [-0.05, 0) is 30.2 Å². The molecule has 0 aliphatic heterocycles. The normalized spacial score (nSPS) is 10.3. The van der Waals surface area contributed by atoms with Crippen molar-refractivity contribution < 1.29 is 13.6 Å². The van der Waals surface area contributed by atoms with Crippen molar-refractivity contribution in [1.29, 1.82) is 0 Å². The highest BCUT2D eigenvalue weighted by atomic mass is 19.1. The zero-order valence-corrected chi connectivity index (χ0v) is 10.6. The predicted octanol–water partition coefficient (Wildman–Crippen LogP) is 1.91. The summed E-state index contributed by atoms with van der Waals surface area (Å²) in [6.07, 6.45) is 3.87. The third-order valence-corrected chi connectivity index (χ3v) is 2.73.